The summed E-state index contributed by atoms with van der Waals surface area (Å²) in [5, 5.41) is 10.4. The van der Waals surface area contributed by atoms with Crippen LogP contribution in [0.25, 0.3) is 0 Å². The molecule has 1 aromatic carbocycles. The number of rotatable bonds is 6. The van der Waals surface area contributed by atoms with Crippen LogP contribution >= 0.6 is 0 Å². The van der Waals surface area contributed by atoms with E-state index < -0.39 is 14.4 Å². The first kappa shape index (κ1) is 14.9. The van der Waals surface area contributed by atoms with Gasteiger partial charge in [0.1, 0.15) is 12.7 Å². The lowest BCUT2D eigenvalue weighted by molar-refractivity contribution is -0.144. The number of hydrogen-bond donors (Lipinski definition) is 1. The van der Waals surface area contributed by atoms with Gasteiger partial charge < -0.3 is 14.3 Å². The van der Waals surface area contributed by atoms with Crippen molar-refractivity contribution < 1.29 is 19.1 Å². The number of aliphatic hydroxyl groups excluding tert-OH is 1. The van der Waals surface area contributed by atoms with Gasteiger partial charge in [-0.15, -0.1) is 0 Å². The third-order valence-electron chi connectivity index (χ3n) is 2.61. The highest BCUT2D eigenvalue weighted by Crippen LogP contribution is 2.09. The van der Waals surface area contributed by atoms with Crippen LogP contribution in [0.2, 0.25) is 13.1 Å². The van der Waals surface area contributed by atoms with Gasteiger partial charge in [-0.1, -0.05) is 30.3 Å². The minimum Gasteiger partial charge on any atom is -0.463 e. The molecule has 1 rings (SSSR count). The van der Waals surface area contributed by atoms with E-state index in [0.29, 0.717) is 0 Å². The summed E-state index contributed by atoms with van der Waals surface area (Å²) in [7, 11) is -2.09. The van der Waals surface area contributed by atoms with Crippen molar-refractivity contribution in [2.24, 2.45) is 0 Å². The number of ether oxygens (including phenoxy) is 1. The zero-order valence-electron chi connectivity index (χ0n) is 11.1. The van der Waals surface area contributed by atoms with Crippen molar-refractivity contribution in [2.45, 2.75) is 26.1 Å². The van der Waals surface area contributed by atoms with E-state index in [-0.39, 0.29) is 19.2 Å². The van der Waals surface area contributed by atoms with Crippen molar-refractivity contribution in [3.05, 3.63) is 30.3 Å². The summed E-state index contributed by atoms with van der Waals surface area (Å²) in [6, 6.07) is 9.93. The van der Waals surface area contributed by atoms with Gasteiger partial charge in [-0.3, -0.25) is 4.79 Å². The molecule has 0 unspecified atom stereocenters. The Morgan fingerprint density at radius 1 is 1.33 bits per heavy atom. The zero-order chi connectivity index (χ0) is 13.6. The number of benzene rings is 1. The molecule has 0 saturated carbocycles. The van der Waals surface area contributed by atoms with Crippen LogP contribution in [0.3, 0.4) is 0 Å². The van der Waals surface area contributed by atoms with Crippen molar-refractivity contribution in [1.82, 2.24) is 0 Å². The van der Waals surface area contributed by atoms with Crippen LogP contribution in [0.15, 0.2) is 30.3 Å². The van der Waals surface area contributed by atoms with Gasteiger partial charge in [-0.25, -0.2) is 0 Å². The third kappa shape index (κ3) is 4.60. The lowest BCUT2D eigenvalue weighted by atomic mass is 10.4. The van der Waals surface area contributed by atoms with E-state index in [2.05, 4.69) is 13.1 Å². The molecule has 1 N–H and O–H groups in total. The van der Waals surface area contributed by atoms with Gasteiger partial charge in [-0.2, -0.15) is 0 Å². The summed E-state index contributed by atoms with van der Waals surface area (Å²) in [6.07, 6.45) is -0.462. The van der Waals surface area contributed by atoms with Crippen LogP contribution in [0.1, 0.15) is 6.92 Å². The molecule has 5 heteroatoms. The van der Waals surface area contributed by atoms with Crippen molar-refractivity contribution >= 4 is 19.5 Å². The summed E-state index contributed by atoms with van der Waals surface area (Å²) in [5.74, 6) is -0.365. The zero-order valence-corrected chi connectivity index (χ0v) is 12.1. The molecule has 1 aromatic rings. The van der Waals surface area contributed by atoms with E-state index >= 15 is 0 Å². The summed E-state index contributed by atoms with van der Waals surface area (Å²) in [5.41, 5.74) is 0. The van der Waals surface area contributed by atoms with Crippen molar-refractivity contribution in [3.63, 3.8) is 0 Å². The fourth-order valence-electron chi connectivity index (χ4n) is 1.66. The molecule has 4 nitrogen and oxygen atoms in total. The monoisotopic (exact) mass is 268 g/mol. The normalized spacial score (nSPS) is 13.1. The first-order valence-electron chi connectivity index (χ1n) is 5.93. The Labute approximate surface area is 109 Å². The second-order valence-electron chi connectivity index (χ2n) is 4.60. The van der Waals surface area contributed by atoms with Crippen LogP contribution in [0.5, 0.6) is 0 Å². The second kappa shape index (κ2) is 6.68. The first-order valence-corrected chi connectivity index (χ1v) is 8.84. The third-order valence-corrected chi connectivity index (χ3v) is 5.25. The van der Waals surface area contributed by atoms with Gasteiger partial charge in [0.2, 0.25) is 8.32 Å². The largest absolute Gasteiger partial charge is 0.463 e. The molecule has 0 bridgehead atoms. The lowest BCUT2D eigenvalue weighted by Gasteiger charge is -2.28. The molecular formula is C13H20O4Si. The maximum absolute atomic E-state index is 10.8. The van der Waals surface area contributed by atoms with Gasteiger partial charge >= 0.3 is 5.97 Å². The van der Waals surface area contributed by atoms with Crippen LogP contribution in [-0.2, 0) is 14.0 Å². The molecule has 0 aliphatic heterocycles. The van der Waals surface area contributed by atoms with Crippen molar-refractivity contribution in [3.8, 4) is 0 Å². The molecule has 0 heterocycles. The van der Waals surface area contributed by atoms with E-state index in [1.165, 1.54) is 6.92 Å². The Kier molecular flexibility index (Phi) is 5.52. The minimum absolute atomic E-state index is 0.0924. The van der Waals surface area contributed by atoms with E-state index in [4.69, 9.17) is 9.16 Å². The summed E-state index contributed by atoms with van der Waals surface area (Å²) >= 11 is 0. The smallest absolute Gasteiger partial charge is 0.302 e. The molecule has 1 atom stereocenters. The number of hydrogen-bond acceptors (Lipinski definition) is 4. The van der Waals surface area contributed by atoms with Crippen molar-refractivity contribution in [2.75, 3.05) is 13.2 Å². The fourth-order valence-corrected chi connectivity index (χ4v) is 3.77. The van der Waals surface area contributed by atoms with E-state index in [0.717, 1.165) is 5.19 Å². The van der Waals surface area contributed by atoms with E-state index in [9.17, 15) is 9.90 Å². The predicted molar refractivity (Wildman–Crippen MR) is 72.1 cm³/mol. The van der Waals surface area contributed by atoms with Gasteiger partial charge in [0.15, 0.2) is 0 Å². The Morgan fingerprint density at radius 3 is 2.44 bits per heavy atom. The van der Waals surface area contributed by atoms with Gasteiger partial charge in [0.25, 0.3) is 0 Å². The number of esters is 1. The average molecular weight is 268 g/mol. The maximum atomic E-state index is 10.8. The molecule has 0 saturated heterocycles. The average Bonchev–Trinajstić information content (AvgIpc) is 2.35. The molecule has 0 spiro atoms. The first-order chi connectivity index (χ1) is 8.45. The van der Waals surface area contributed by atoms with Crippen LogP contribution < -0.4 is 5.19 Å². The second-order valence-corrected chi connectivity index (χ2v) is 8.44. The topological polar surface area (TPSA) is 55.8 Å². The molecule has 0 aromatic heterocycles. The minimum atomic E-state index is -2.09. The number of aliphatic hydroxyl groups is 1. The fraction of sp³-hybridized carbons (Fsp3) is 0.462. The Hall–Kier alpha value is -1.17. The number of carbonyl (C=O) groups is 1. The number of carbonyl (C=O) groups excluding carboxylic acids is 1. The van der Waals surface area contributed by atoms with Crippen LogP contribution in [0, 0.1) is 0 Å². The Morgan fingerprint density at radius 2 is 1.94 bits per heavy atom. The van der Waals surface area contributed by atoms with Crippen LogP contribution in [-0.4, -0.2) is 38.7 Å². The Balaban J connectivity index is 2.65. The van der Waals surface area contributed by atoms with E-state index in [1.54, 1.807) is 0 Å². The van der Waals surface area contributed by atoms with Gasteiger partial charge in [0, 0.05) is 6.92 Å². The van der Waals surface area contributed by atoms with Gasteiger partial charge in [-0.05, 0) is 18.3 Å². The predicted octanol–water partition coefficient (Wildman–Crippen LogP) is 1.04. The summed E-state index contributed by atoms with van der Waals surface area (Å²) in [6.45, 7) is 5.39. The molecule has 0 amide bonds. The molecular weight excluding hydrogens is 248 g/mol. The molecule has 18 heavy (non-hydrogen) atoms. The Bertz CT molecular complexity index is 378. The molecule has 0 radical (unpaired) electrons. The lowest BCUT2D eigenvalue weighted by Crippen LogP contribution is -2.49. The summed E-state index contributed by atoms with van der Waals surface area (Å²) in [4.78, 5) is 10.8. The molecule has 0 aliphatic carbocycles. The highest BCUT2D eigenvalue weighted by atomic mass is 28.4. The quantitative estimate of drug-likeness (QED) is 0.619. The van der Waals surface area contributed by atoms with E-state index in [1.807, 2.05) is 30.3 Å². The molecule has 0 aliphatic rings. The maximum Gasteiger partial charge on any atom is 0.302 e. The highest BCUT2D eigenvalue weighted by molar-refractivity contribution is 6.84. The van der Waals surface area contributed by atoms with Gasteiger partial charge in [0.05, 0.1) is 6.61 Å². The standard InChI is InChI=1S/C13H20O4Si/c1-11(15)16-10-12(9-14)17-18(2,3)13-7-5-4-6-8-13/h4-8,12,14H,9-10H2,1-3H3/t12-/m0/s1. The highest BCUT2D eigenvalue weighted by Gasteiger charge is 2.29. The SMILES string of the molecule is CC(=O)OC[C@H](CO)O[Si](C)(C)c1ccccc1. The molecule has 0 fully saturated rings. The van der Waals surface area contributed by atoms with Crippen LogP contribution in [0.4, 0.5) is 0 Å². The van der Waals surface area contributed by atoms with Crippen molar-refractivity contribution in [1.29, 1.82) is 0 Å². The molecule has 100 valence electrons. The summed E-state index contributed by atoms with van der Waals surface area (Å²) < 4.78 is 10.8.